The fraction of sp³-hybridized carbons (Fsp3) is 0.400. The van der Waals surface area contributed by atoms with Gasteiger partial charge in [-0.05, 0) is 56.5 Å². The molecule has 3 N–H and O–H groups in total. The summed E-state index contributed by atoms with van der Waals surface area (Å²) < 4.78 is 16.2. The fourth-order valence-corrected chi connectivity index (χ4v) is 3.17. The van der Waals surface area contributed by atoms with Gasteiger partial charge in [-0.3, -0.25) is 0 Å². The van der Waals surface area contributed by atoms with E-state index in [1.165, 1.54) is 5.56 Å². The Morgan fingerprint density at radius 2 is 1.85 bits per heavy atom. The Hall–Kier alpha value is -1.77. The van der Waals surface area contributed by atoms with Crippen molar-refractivity contribution >= 4 is 12.0 Å². The minimum Gasteiger partial charge on any atom is -0.490 e. The Balaban J connectivity index is 1.77. The second-order valence-corrected chi connectivity index (χ2v) is 6.88. The van der Waals surface area contributed by atoms with Gasteiger partial charge in [0.2, 0.25) is 0 Å². The fourth-order valence-electron chi connectivity index (χ4n) is 2.65. The van der Waals surface area contributed by atoms with Crippen LogP contribution in [0.1, 0.15) is 25.0 Å². The van der Waals surface area contributed by atoms with Crippen molar-refractivity contribution in [3.8, 4) is 11.5 Å². The van der Waals surface area contributed by atoms with Gasteiger partial charge in [-0.25, -0.2) is 0 Å². The molecular formula is C20H28N2O4S. The van der Waals surface area contributed by atoms with E-state index in [1.807, 2.05) is 38.1 Å². The highest BCUT2D eigenvalue weighted by Crippen LogP contribution is 2.26. The predicted octanol–water partition coefficient (Wildman–Crippen LogP) is 3.82. The third kappa shape index (κ3) is 7.40. The molecule has 0 amide bonds. The first-order valence-electron chi connectivity index (χ1n) is 9.01. The first kappa shape index (κ1) is 21.5. The topological polar surface area (TPSA) is 75.0 Å². The molecule has 0 aliphatic rings. The van der Waals surface area contributed by atoms with Gasteiger partial charge in [-0.2, -0.15) is 5.90 Å². The van der Waals surface area contributed by atoms with Gasteiger partial charge in [-0.1, -0.05) is 24.3 Å². The third-order valence-electron chi connectivity index (χ3n) is 3.96. The standard InChI is InChI=1S/C20H28N2O4S/c1-4-23-18-7-5-6-8-19(18)24-12-11-22-16(3)13-17-10-9-15(2)20(14-17)27-26-25-21/h5-10,14,16,22H,4,11-13,21H2,1-3H3. The number of rotatable bonds is 12. The molecule has 0 heterocycles. The second kappa shape index (κ2) is 11.8. The van der Waals surface area contributed by atoms with E-state index in [0.717, 1.165) is 47.0 Å². The van der Waals surface area contributed by atoms with E-state index in [9.17, 15) is 0 Å². The van der Waals surface area contributed by atoms with Gasteiger partial charge in [0, 0.05) is 17.5 Å². The number of nitrogens with two attached hydrogens (primary N) is 1. The summed E-state index contributed by atoms with van der Waals surface area (Å²) in [5.74, 6) is 6.46. The van der Waals surface area contributed by atoms with Gasteiger partial charge >= 0.3 is 0 Å². The van der Waals surface area contributed by atoms with Crippen molar-refractivity contribution in [2.75, 3.05) is 19.8 Å². The minimum absolute atomic E-state index is 0.308. The molecule has 148 valence electrons. The normalized spacial score (nSPS) is 12.0. The second-order valence-electron chi connectivity index (χ2n) is 6.13. The summed E-state index contributed by atoms with van der Waals surface area (Å²) in [6, 6.07) is 14.3. The van der Waals surface area contributed by atoms with Crippen LogP contribution < -0.4 is 20.7 Å². The van der Waals surface area contributed by atoms with Crippen LogP contribution in [-0.2, 0) is 15.7 Å². The highest BCUT2D eigenvalue weighted by atomic mass is 32.2. The molecule has 0 saturated heterocycles. The minimum atomic E-state index is 0.308. The van der Waals surface area contributed by atoms with E-state index in [2.05, 4.69) is 35.4 Å². The number of hydrogen-bond acceptors (Lipinski definition) is 7. The zero-order chi connectivity index (χ0) is 19.5. The van der Waals surface area contributed by atoms with Crippen LogP contribution in [0, 0.1) is 6.92 Å². The molecule has 2 aromatic rings. The van der Waals surface area contributed by atoms with Gasteiger partial charge < -0.3 is 14.8 Å². The SMILES string of the molecule is CCOc1ccccc1OCCNC(C)Cc1ccc(C)c(SOON)c1. The van der Waals surface area contributed by atoms with Crippen molar-refractivity contribution in [3.63, 3.8) is 0 Å². The van der Waals surface area contributed by atoms with Crippen LogP contribution in [0.4, 0.5) is 0 Å². The van der Waals surface area contributed by atoms with Crippen LogP contribution >= 0.6 is 12.0 Å². The van der Waals surface area contributed by atoms with Crippen molar-refractivity contribution in [2.24, 2.45) is 5.90 Å². The van der Waals surface area contributed by atoms with Crippen LogP contribution in [0.2, 0.25) is 0 Å². The zero-order valence-electron chi connectivity index (χ0n) is 16.1. The molecule has 0 saturated carbocycles. The van der Waals surface area contributed by atoms with Gasteiger partial charge in [-0.15, -0.1) is 9.32 Å². The van der Waals surface area contributed by atoms with Crippen molar-refractivity contribution in [3.05, 3.63) is 53.6 Å². The lowest BCUT2D eigenvalue weighted by molar-refractivity contribution is -0.195. The van der Waals surface area contributed by atoms with Crippen LogP contribution in [0.3, 0.4) is 0 Å². The molecule has 2 rings (SSSR count). The smallest absolute Gasteiger partial charge is 0.161 e. The summed E-state index contributed by atoms with van der Waals surface area (Å²) in [4.78, 5) is 5.16. The van der Waals surface area contributed by atoms with Crippen molar-refractivity contribution in [1.29, 1.82) is 0 Å². The van der Waals surface area contributed by atoms with Crippen LogP contribution in [0.25, 0.3) is 0 Å². The van der Waals surface area contributed by atoms with Crippen molar-refractivity contribution in [1.82, 2.24) is 5.32 Å². The van der Waals surface area contributed by atoms with Gasteiger partial charge in [0.25, 0.3) is 0 Å². The summed E-state index contributed by atoms with van der Waals surface area (Å²) in [6.07, 6.45) is 0.896. The number of nitrogens with one attached hydrogen (secondary N) is 1. The van der Waals surface area contributed by atoms with E-state index in [0.29, 0.717) is 19.3 Å². The van der Waals surface area contributed by atoms with Gasteiger partial charge in [0.15, 0.2) is 11.5 Å². The molecule has 0 fully saturated rings. The molecule has 0 bridgehead atoms. The number of benzene rings is 2. The molecule has 1 atom stereocenters. The maximum atomic E-state index is 5.84. The molecule has 2 aromatic carbocycles. The molecule has 0 aliphatic heterocycles. The Morgan fingerprint density at radius 1 is 1.11 bits per heavy atom. The Bertz CT molecular complexity index is 699. The highest BCUT2D eigenvalue weighted by Gasteiger charge is 2.08. The van der Waals surface area contributed by atoms with Crippen molar-refractivity contribution in [2.45, 2.75) is 38.1 Å². The van der Waals surface area contributed by atoms with Crippen molar-refractivity contribution < 1.29 is 18.8 Å². The molecule has 27 heavy (non-hydrogen) atoms. The molecule has 0 aromatic heterocycles. The number of aryl methyl sites for hydroxylation is 1. The highest BCUT2D eigenvalue weighted by molar-refractivity contribution is 7.94. The van der Waals surface area contributed by atoms with Gasteiger partial charge in [0.1, 0.15) is 6.61 Å². The van der Waals surface area contributed by atoms with Crippen LogP contribution in [0.15, 0.2) is 47.4 Å². The first-order chi connectivity index (χ1) is 13.1. The molecule has 1 unspecified atom stereocenters. The molecular weight excluding hydrogens is 364 g/mol. The molecule has 0 spiro atoms. The zero-order valence-corrected chi connectivity index (χ0v) is 16.9. The Labute approximate surface area is 165 Å². The van der Waals surface area contributed by atoms with Crippen LogP contribution in [-0.4, -0.2) is 25.8 Å². The quantitative estimate of drug-likeness (QED) is 0.246. The molecule has 0 aliphatic carbocycles. The Morgan fingerprint density at radius 3 is 2.56 bits per heavy atom. The van der Waals surface area contributed by atoms with E-state index in [4.69, 9.17) is 19.7 Å². The largest absolute Gasteiger partial charge is 0.490 e. The summed E-state index contributed by atoms with van der Waals surface area (Å²) >= 11 is 1.11. The molecule has 7 heteroatoms. The van der Waals surface area contributed by atoms with Gasteiger partial charge in [0.05, 0.1) is 18.6 Å². The monoisotopic (exact) mass is 392 g/mol. The van der Waals surface area contributed by atoms with Crippen LogP contribution in [0.5, 0.6) is 11.5 Å². The Kier molecular flexibility index (Phi) is 9.44. The maximum absolute atomic E-state index is 5.84. The first-order valence-corrected chi connectivity index (χ1v) is 9.75. The lowest BCUT2D eigenvalue weighted by atomic mass is 10.1. The predicted molar refractivity (Wildman–Crippen MR) is 108 cm³/mol. The van der Waals surface area contributed by atoms with E-state index >= 15 is 0 Å². The third-order valence-corrected chi connectivity index (χ3v) is 4.72. The lowest BCUT2D eigenvalue weighted by Gasteiger charge is -2.16. The average molecular weight is 393 g/mol. The summed E-state index contributed by atoms with van der Waals surface area (Å²) in [7, 11) is 0. The van der Waals surface area contributed by atoms with E-state index < -0.39 is 0 Å². The molecule has 0 radical (unpaired) electrons. The average Bonchev–Trinajstić information content (AvgIpc) is 2.67. The lowest BCUT2D eigenvalue weighted by Crippen LogP contribution is -2.31. The summed E-state index contributed by atoms with van der Waals surface area (Å²) in [5.41, 5.74) is 2.33. The number of para-hydroxylation sites is 2. The maximum Gasteiger partial charge on any atom is 0.161 e. The summed E-state index contributed by atoms with van der Waals surface area (Å²) in [6.45, 7) is 8.08. The molecule has 6 nitrogen and oxygen atoms in total. The summed E-state index contributed by atoms with van der Waals surface area (Å²) in [5, 5.41) is 3.48. The number of ether oxygens (including phenoxy) is 2. The van der Waals surface area contributed by atoms with E-state index in [1.54, 1.807) is 0 Å². The van der Waals surface area contributed by atoms with E-state index in [-0.39, 0.29) is 0 Å². The number of hydrogen-bond donors (Lipinski definition) is 2.